The lowest BCUT2D eigenvalue weighted by Gasteiger charge is -2.02. The highest BCUT2D eigenvalue weighted by Gasteiger charge is 1.99. The van der Waals surface area contributed by atoms with Crippen LogP contribution in [-0.2, 0) is 0 Å². The SMILES string of the molecule is Nc1cccc(Cl)c1C=Cc1ccccc1. The van der Waals surface area contributed by atoms with E-state index in [1.165, 1.54) is 0 Å². The lowest BCUT2D eigenvalue weighted by Crippen LogP contribution is -1.89. The molecular formula is C14H12ClN. The van der Waals surface area contributed by atoms with Crippen LogP contribution in [0.3, 0.4) is 0 Å². The zero-order valence-corrected chi connectivity index (χ0v) is 9.48. The maximum Gasteiger partial charge on any atom is 0.0499 e. The number of hydrogen-bond acceptors (Lipinski definition) is 1. The summed E-state index contributed by atoms with van der Waals surface area (Å²) in [5, 5.41) is 0.673. The minimum atomic E-state index is 0.673. The number of nitrogen functional groups attached to an aromatic ring is 1. The van der Waals surface area contributed by atoms with Crippen LogP contribution in [0.25, 0.3) is 12.2 Å². The Morgan fingerprint density at radius 2 is 1.62 bits per heavy atom. The smallest absolute Gasteiger partial charge is 0.0499 e. The van der Waals surface area contributed by atoms with Crippen LogP contribution in [0.1, 0.15) is 11.1 Å². The molecule has 1 nitrogen and oxygen atoms in total. The van der Waals surface area contributed by atoms with E-state index in [-0.39, 0.29) is 0 Å². The van der Waals surface area contributed by atoms with Gasteiger partial charge in [-0.1, -0.05) is 60.2 Å². The van der Waals surface area contributed by atoms with Crippen molar-refractivity contribution in [1.29, 1.82) is 0 Å². The number of halogens is 1. The van der Waals surface area contributed by atoms with Crippen molar-refractivity contribution in [3.8, 4) is 0 Å². The van der Waals surface area contributed by atoms with E-state index in [2.05, 4.69) is 0 Å². The number of anilines is 1. The van der Waals surface area contributed by atoms with Crippen LogP contribution in [0.5, 0.6) is 0 Å². The molecule has 2 aromatic carbocycles. The average molecular weight is 230 g/mol. The van der Waals surface area contributed by atoms with Crippen molar-refractivity contribution in [2.45, 2.75) is 0 Å². The first-order valence-electron chi connectivity index (χ1n) is 5.04. The molecule has 0 aliphatic carbocycles. The molecule has 0 spiro atoms. The summed E-state index contributed by atoms with van der Waals surface area (Å²) in [6.45, 7) is 0. The molecule has 2 heteroatoms. The Labute approximate surface area is 100 Å². The first-order valence-corrected chi connectivity index (χ1v) is 5.42. The molecule has 0 aliphatic heterocycles. The second-order valence-corrected chi connectivity index (χ2v) is 3.89. The minimum absolute atomic E-state index is 0.673. The molecule has 2 rings (SSSR count). The Kier molecular flexibility index (Phi) is 3.28. The zero-order chi connectivity index (χ0) is 11.4. The third-order valence-corrected chi connectivity index (χ3v) is 2.66. The number of nitrogens with two attached hydrogens (primary N) is 1. The molecule has 0 aliphatic rings. The highest BCUT2D eigenvalue weighted by atomic mass is 35.5. The van der Waals surface area contributed by atoms with Gasteiger partial charge in [0.15, 0.2) is 0 Å². The predicted molar refractivity (Wildman–Crippen MR) is 71.2 cm³/mol. The van der Waals surface area contributed by atoms with Gasteiger partial charge in [0.2, 0.25) is 0 Å². The van der Waals surface area contributed by atoms with Gasteiger partial charge in [0.05, 0.1) is 0 Å². The van der Waals surface area contributed by atoms with E-state index in [1.807, 2.05) is 60.7 Å². The van der Waals surface area contributed by atoms with Gasteiger partial charge < -0.3 is 5.73 Å². The van der Waals surface area contributed by atoms with E-state index in [9.17, 15) is 0 Å². The van der Waals surface area contributed by atoms with Gasteiger partial charge in [0, 0.05) is 16.3 Å². The highest BCUT2D eigenvalue weighted by molar-refractivity contribution is 6.32. The van der Waals surface area contributed by atoms with Gasteiger partial charge in [-0.15, -0.1) is 0 Å². The van der Waals surface area contributed by atoms with Crippen molar-refractivity contribution in [2.75, 3.05) is 5.73 Å². The van der Waals surface area contributed by atoms with Crippen molar-refractivity contribution in [3.63, 3.8) is 0 Å². The normalized spacial score (nSPS) is 10.8. The molecule has 0 aromatic heterocycles. The lowest BCUT2D eigenvalue weighted by atomic mass is 10.1. The molecule has 0 bridgehead atoms. The summed E-state index contributed by atoms with van der Waals surface area (Å²) in [5.74, 6) is 0. The minimum Gasteiger partial charge on any atom is -0.398 e. The third-order valence-electron chi connectivity index (χ3n) is 2.33. The standard InChI is InChI=1S/C14H12ClN/c15-13-7-4-8-14(16)12(13)10-9-11-5-2-1-3-6-11/h1-10H,16H2. The molecule has 0 saturated heterocycles. The van der Waals surface area contributed by atoms with Crippen LogP contribution < -0.4 is 5.73 Å². The Morgan fingerprint density at radius 1 is 0.875 bits per heavy atom. The van der Waals surface area contributed by atoms with E-state index in [0.717, 1.165) is 11.1 Å². The van der Waals surface area contributed by atoms with Crippen molar-refractivity contribution in [2.24, 2.45) is 0 Å². The van der Waals surface area contributed by atoms with Gasteiger partial charge in [-0.2, -0.15) is 0 Å². The molecule has 0 unspecified atom stereocenters. The average Bonchev–Trinajstić information content (AvgIpc) is 2.30. The fourth-order valence-corrected chi connectivity index (χ4v) is 1.72. The Morgan fingerprint density at radius 3 is 2.31 bits per heavy atom. The van der Waals surface area contributed by atoms with Gasteiger partial charge in [-0.05, 0) is 17.7 Å². The van der Waals surface area contributed by atoms with Gasteiger partial charge in [-0.25, -0.2) is 0 Å². The van der Waals surface area contributed by atoms with Crippen LogP contribution in [0.15, 0.2) is 48.5 Å². The first kappa shape index (κ1) is 10.8. The fraction of sp³-hybridized carbons (Fsp3) is 0. The van der Waals surface area contributed by atoms with Crippen LogP contribution in [0.4, 0.5) is 5.69 Å². The highest BCUT2D eigenvalue weighted by Crippen LogP contribution is 2.24. The van der Waals surface area contributed by atoms with E-state index in [4.69, 9.17) is 17.3 Å². The fourth-order valence-electron chi connectivity index (χ4n) is 1.47. The van der Waals surface area contributed by atoms with E-state index in [0.29, 0.717) is 10.7 Å². The van der Waals surface area contributed by atoms with Gasteiger partial charge in [-0.3, -0.25) is 0 Å². The van der Waals surface area contributed by atoms with Crippen molar-refractivity contribution in [1.82, 2.24) is 0 Å². The molecule has 80 valence electrons. The largest absolute Gasteiger partial charge is 0.398 e. The summed E-state index contributed by atoms with van der Waals surface area (Å²) in [6, 6.07) is 15.6. The summed E-state index contributed by atoms with van der Waals surface area (Å²) in [5.41, 5.74) is 8.54. The summed E-state index contributed by atoms with van der Waals surface area (Å²) in [4.78, 5) is 0. The molecule has 2 N–H and O–H groups in total. The number of rotatable bonds is 2. The maximum atomic E-state index is 6.06. The van der Waals surface area contributed by atoms with E-state index >= 15 is 0 Å². The van der Waals surface area contributed by atoms with Crippen LogP contribution in [-0.4, -0.2) is 0 Å². The Hall–Kier alpha value is -1.73. The topological polar surface area (TPSA) is 26.0 Å². The molecule has 0 radical (unpaired) electrons. The van der Waals surface area contributed by atoms with Crippen molar-refractivity contribution < 1.29 is 0 Å². The molecule has 16 heavy (non-hydrogen) atoms. The summed E-state index contributed by atoms with van der Waals surface area (Å²) in [7, 11) is 0. The quantitative estimate of drug-likeness (QED) is 0.609. The second kappa shape index (κ2) is 4.86. The maximum absolute atomic E-state index is 6.06. The number of hydrogen-bond donors (Lipinski definition) is 1. The first-order chi connectivity index (χ1) is 7.77. The summed E-state index contributed by atoms with van der Waals surface area (Å²) in [6.07, 6.45) is 3.94. The monoisotopic (exact) mass is 229 g/mol. The molecular weight excluding hydrogens is 218 g/mol. The van der Waals surface area contributed by atoms with E-state index in [1.54, 1.807) is 0 Å². The molecule has 0 amide bonds. The van der Waals surface area contributed by atoms with Crippen LogP contribution in [0, 0.1) is 0 Å². The molecule has 0 atom stereocenters. The van der Waals surface area contributed by atoms with Gasteiger partial charge >= 0.3 is 0 Å². The number of benzene rings is 2. The molecule has 2 aromatic rings. The van der Waals surface area contributed by atoms with E-state index < -0.39 is 0 Å². The van der Waals surface area contributed by atoms with Crippen molar-refractivity contribution >= 4 is 29.4 Å². The summed E-state index contributed by atoms with van der Waals surface area (Å²) < 4.78 is 0. The second-order valence-electron chi connectivity index (χ2n) is 3.49. The van der Waals surface area contributed by atoms with Crippen molar-refractivity contribution in [3.05, 3.63) is 64.7 Å². The van der Waals surface area contributed by atoms with Crippen LogP contribution in [0.2, 0.25) is 5.02 Å². The molecule has 0 heterocycles. The Bertz CT molecular complexity index is 483. The zero-order valence-electron chi connectivity index (χ0n) is 8.73. The van der Waals surface area contributed by atoms with Gasteiger partial charge in [0.1, 0.15) is 0 Å². The van der Waals surface area contributed by atoms with Gasteiger partial charge in [0.25, 0.3) is 0 Å². The molecule has 0 saturated carbocycles. The van der Waals surface area contributed by atoms with Crippen LogP contribution >= 0.6 is 11.6 Å². The lowest BCUT2D eigenvalue weighted by molar-refractivity contribution is 1.63. The summed E-state index contributed by atoms with van der Waals surface area (Å²) >= 11 is 6.06. The third kappa shape index (κ3) is 2.44. The Balaban J connectivity index is 2.31. The predicted octanol–water partition coefficient (Wildman–Crippen LogP) is 4.09. The molecule has 0 fully saturated rings.